The number of piperidine rings is 1. The number of hydrogen-bond acceptors (Lipinski definition) is 2. The largest absolute Gasteiger partial charge is 0.480 e. The Morgan fingerprint density at radius 3 is 2.81 bits per heavy atom. The first-order valence-corrected chi connectivity index (χ1v) is 7.68. The Kier molecular flexibility index (Phi) is 3.70. The van der Waals surface area contributed by atoms with E-state index in [9.17, 15) is 14.7 Å². The van der Waals surface area contributed by atoms with Gasteiger partial charge in [-0.25, -0.2) is 4.79 Å². The van der Waals surface area contributed by atoms with Crippen LogP contribution in [0.4, 0.5) is 0 Å². The number of carboxylic acids is 1. The van der Waals surface area contributed by atoms with Crippen LogP contribution in [0.1, 0.15) is 42.7 Å². The van der Waals surface area contributed by atoms with E-state index in [0.717, 1.165) is 19.3 Å². The van der Waals surface area contributed by atoms with Crippen LogP contribution in [0.5, 0.6) is 0 Å². The Hall–Kier alpha value is -1.84. The first-order chi connectivity index (χ1) is 10.1. The highest BCUT2D eigenvalue weighted by Gasteiger charge is 2.48. The molecule has 0 aromatic heterocycles. The third kappa shape index (κ3) is 2.80. The van der Waals surface area contributed by atoms with Crippen LogP contribution in [0.15, 0.2) is 24.3 Å². The van der Waals surface area contributed by atoms with E-state index in [4.69, 9.17) is 0 Å². The van der Waals surface area contributed by atoms with Gasteiger partial charge in [0.1, 0.15) is 6.04 Å². The maximum absolute atomic E-state index is 12.6. The molecule has 1 N–H and O–H groups in total. The fraction of sp³-hybridized carbons (Fsp3) is 0.529. The molecule has 4 nitrogen and oxygen atoms in total. The molecule has 1 saturated heterocycles. The monoisotopic (exact) mass is 287 g/mol. The van der Waals surface area contributed by atoms with Crippen molar-refractivity contribution in [2.75, 3.05) is 6.54 Å². The summed E-state index contributed by atoms with van der Waals surface area (Å²) in [6, 6.07) is 7.64. The fourth-order valence-electron chi connectivity index (χ4n) is 3.40. The maximum atomic E-state index is 12.6. The lowest BCUT2D eigenvalue weighted by atomic mass is 10.0. The number of nitrogens with zero attached hydrogens (tertiary/aromatic N) is 1. The summed E-state index contributed by atoms with van der Waals surface area (Å²) in [6.07, 6.45) is 3.25. The van der Waals surface area contributed by atoms with Gasteiger partial charge in [-0.2, -0.15) is 0 Å². The number of carbonyl (C=O) groups is 2. The highest BCUT2D eigenvalue weighted by atomic mass is 16.4. The van der Waals surface area contributed by atoms with Crippen molar-refractivity contribution >= 4 is 11.9 Å². The summed E-state index contributed by atoms with van der Waals surface area (Å²) in [4.78, 5) is 25.5. The molecule has 3 rings (SSSR count). The molecule has 2 fully saturated rings. The molecule has 2 aliphatic rings. The molecule has 1 aromatic rings. The molecule has 0 bridgehead atoms. The summed E-state index contributed by atoms with van der Waals surface area (Å²) in [5, 5.41) is 9.29. The van der Waals surface area contributed by atoms with Gasteiger partial charge in [0.15, 0.2) is 0 Å². The van der Waals surface area contributed by atoms with E-state index < -0.39 is 12.0 Å². The summed E-state index contributed by atoms with van der Waals surface area (Å²) in [5.41, 5.74) is 2.41. The average molecular weight is 287 g/mol. The standard InChI is InChI=1S/C17H21NO3/c1-11-5-4-6-12(9-11)13-10-14(13)16(19)18-8-3-2-7-15(18)17(20)21/h4-6,9,13-15H,2-3,7-8,10H2,1H3,(H,20,21). The van der Waals surface area contributed by atoms with Gasteiger partial charge in [-0.05, 0) is 44.1 Å². The molecule has 112 valence electrons. The summed E-state index contributed by atoms with van der Waals surface area (Å²) in [7, 11) is 0. The van der Waals surface area contributed by atoms with Crippen LogP contribution in [-0.2, 0) is 9.59 Å². The first-order valence-electron chi connectivity index (χ1n) is 7.68. The number of carboxylic acid groups (broad SMARTS) is 1. The fourth-order valence-corrected chi connectivity index (χ4v) is 3.40. The van der Waals surface area contributed by atoms with Crippen molar-refractivity contribution in [3.8, 4) is 0 Å². The third-order valence-corrected chi connectivity index (χ3v) is 4.65. The lowest BCUT2D eigenvalue weighted by Crippen LogP contribution is -2.48. The van der Waals surface area contributed by atoms with E-state index in [1.807, 2.05) is 19.1 Å². The molecule has 4 heteroatoms. The Morgan fingerprint density at radius 1 is 1.29 bits per heavy atom. The van der Waals surface area contributed by atoms with Crippen molar-refractivity contribution < 1.29 is 14.7 Å². The van der Waals surface area contributed by atoms with Crippen LogP contribution >= 0.6 is 0 Å². The minimum absolute atomic E-state index is 0.0215. The minimum atomic E-state index is -0.865. The molecule has 3 atom stereocenters. The van der Waals surface area contributed by atoms with Crippen LogP contribution in [0.2, 0.25) is 0 Å². The summed E-state index contributed by atoms with van der Waals surface area (Å²) in [6.45, 7) is 2.64. The van der Waals surface area contributed by atoms with E-state index in [-0.39, 0.29) is 17.7 Å². The zero-order chi connectivity index (χ0) is 15.0. The number of aryl methyl sites for hydroxylation is 1. The van der Waals surface area contributed by atoms with Crippen LogP contribution in [0, 0.1) is 12.8 Å². The van der Waals surface area contributed by atoms with E-state index in [0.29, 0.717) is 13.0 Å². The number of benzene rings is 1. The quantitative estimate of drug-likeness (QED) is 0.929. The molecule has 1 amide bonds. The number of amides is 1. The van der Waals surface area contributed by atoms with Gasteiger partial charge in [-0.1, -0.05) is 29.8 Å². The molecule has 3 unspecified atom stereocenters. The van der Waals surface area contributed by atoms with Gasteiger partial charge in [0.25, 0.3) is 0 Å². The van der Waals surface area contributed by atoms with Crippen LogP contribution in [-0.4, -0.2) is 34.5 Å². The summed E-state index contributed by atoms with van der Waals surface area (Å²) >= 11 is 0. The molecular weight excluding hydrogens is 266 g/mol. The molecule has 1 aromatic carbocycles. The van der Waals surface area contributed by atoms with Gasteiger partial charge >= 0.3 is 5.97 Å². The van der Waals surface area contributed by atoms with E-state index in [2.05, 4.69) is 12.1 Å². The molecular formula is C17H21NO3. The smallest absolute Gasteiger partial charge is 0.326 e. The number of rotatable bonds is 3. The second-order valence-electron chi connectivity index (χ2n) is 6.24. The zero-order valence-electron chi connectivity index (χ0n) is 12.3. The van der Waals surface area contributed by atoms with Gasteiger partial charge in [-0.15, -0.1) is 0 Å². The third-order valence-electron chi connectivity index (χ3n) is 4.65. The molecule has 1 aliphatic carbocycles. The van der Waals surface area contributed by atoms with Crippen LogP contribution in [0.3, 0.4) is 0 Å². The van der Waals surface area contributed by atoms with Crippen molar-refractivity contribution in [3.63, 3.8) is 0 Å². The van der Waals surface area contributed by atoms with E-state index >= 15 is 0 Å². The van der Waals surface area contributed by atoms with Crippen LogP contribution < -0.4 is 0 Å². The zero-order valence-corrected chi connectivity index (χ0v) is 12.3. The normalized spacial score (nSPS) is 28.2. The van der Waals surface area contributed by atoms with E-state index in [1.54, 1.807) is 4.90 Å². The van der Waals surface area contributed by atoms with Gasteiger partial charge < -0.3 is 10.0 Å². The predicted molar refractivity (Wildman–Crippen MR) is 79.0 cm³/mol. The first kappa shape index (κ1) is 14.1. The molecule has 0 radical (unpaired) electrons. The molecule has 21 heavy (non-hydrogen) atoms. The Morgan fingerprint density at radius 2 is 2.10 bits per heavy atom. The number of likely N-dealkylation sites (tertiary alicyclic amines) is 1. The Bertz CT molecular complexity index is 569. The van der Waals surface area contributed by atoms with Crippen molar-refractivity contribution in [3.05, 3.63) is 35.4 Å². The van der Waals surface area contributed by atoms with Crippen molar-refractivity contribution in [1.29, 1.82) is 0 Å². The van der Waals surface area contributed by atoms with Gasteiger partial charge in [0.05, 0.1) is 0 Å². The lowest BCUT2D eigenvalue weighted by molar-refractivity contribution is -0.152. The van der Waals surface area contributed by atoms with E-state index in [1.165, 1.54) is 11.1 Å². The minimum Gasteiger partial charge on any atom is -0.480 e. The number of carbonyl (C=O) groups excluding carboxylic acids is 1. The lowest BCUT2D eigenvalue weighted by Gasteiger charge is -2.33. The molecule has 1 aliphatic heterocycles. The Labute approximate surface area is 124 Å². The number of aliphatic carboxylic acids is 1. The molecule has 1 saturated carbocycles. The predicted octanol–water partition coefficient (Wildman–Crippen LogP) is 2.56. The SMILES string of the molecule is Cc1cccc(C2CC2C(=O)N2CCCCC2C(=O)O)c1. The van der Waals surface area contributed by atoms with Gasteiger partial charge in [0, 0.05) is 12.5 Å². The highest BCUT2D eigenvalue weighted by Crippen LogP contribution is 2.49. The van der Waals surface area contributed by atoms with Crippen LogP contribution in [0.25, 0.3) is 0 Å². The summed E-state index contributed by atoms with van der Waals surface area (Å²) < 4.78 is 0. The molecule has 0 spiro atoms. The highest BCUT2D eigenvalue weighted by molar-refractivity contribution is 5.87. The number of hydrogen-bond donors (Lipinski definition) is 1. The average Bonchev–Trinajstić information content (AvgIpc) is 3.27. The van der Waals surface area contributed by atoms with Crippen molar-refractivity contribution in [1.82, 2.24) is 4.90 Å². The Balaban J connectivity index is 1.70. The molecule has 1 heterocycles. The second-order valence-corrected chi connectivity index (χ2v) is 6.24. The van der Waals surface area contributed by atoms with Gasteiger partial charge in [-0.3, -0.25) is 4.79 Å². The second kappa shape index (κ2) is 5.51. The maximum Gasteiger partial charge on any atom is 0.326 e. The topological polar surface area (TPSA) is 57.6 Å². The summed E-state index contributed by atoms with van der Waals surface area (Å²) in [5.74, 6) is -0.579. The van der Waals surface area contributed by atoms with Gasteiger partial charge in [0.2, 0.25) is 5.91 Å². The van der Waals surface area contributed by atoms with Crippen molar-refractivity contribution in [2.45, 2.75) is 44.6 Å². The van der Waals surface area contributed by atoms with Crippen molar-refractivity contribution in [2.24, 2.45) is 5.92 Å².